The molecule has 0 aromatic rings. The van der Waals surface area contributed by atoms with Crippen molar-refractivity contribution in [1.29, 1.82) is 0 Å². The molecule has 0 bridgehead atoms. The Bertz CT molecular complexity index is 186. The first-order chi connectivity index (χ1) is 7.00. The summed E-state index contributed by atoms with van der Waals surface area (Å²) in [4.78, 5) is 9.89. The standard InChI is InChI=1S/C8H14F2O5/c1-13-3-2-4-14-5-6-15-8(9,10)7(11)12/h2-6H2,1H3,(H,11,12). The van der Waals surface area contributed by atoms with Gasteiger partial charge in [0.15, 0.2) is 0 Å². The predicted octanol–water partition coefficient (Wildman–Crippen LogP) is 0.734. The van der Waals surface area contributed by atoms with Crippen molar-refractivity contribution in [3.8, 4) is 0 Å². The van der Waals surface area contributed by atoms with E-state index in [-0.39, 0.29) is 6.61 Å². The van der Waals surface area contributed by atoms with E-state index >= 15 is 0 Å². The third-order valence-corrected chi connectivity index (χ3v) is 1.40. The van der Waals surface area contributed by atoms with E-state index in [2.05, 4.69) is 4.74 Å². The van der Waals surface area contributed by atoms with E-state index in [0.29, 0.717) is 19.6 Å². The first-order valence-electron chi connectivity index (χ1n) is 4.32. The SMILES string of the molecule is COCCCOCCOC(F)(F)C(=O)O. The van der Waals surface area contributed by atoms with Gasteiger partial charge in [-0.25, -0.2) is 4.79 Å². The highest BCUT2D eigenvalue weighted by Crippen LogP contribution is 2.14. The molecule has 5 nitrogen and oxygen atoms in total. The number of hydrogen-bond donors (Lipinski definition) is 1. The molecule has 0 rings (SSSR count). The van der Waals surface area contributed by atoms with Gasteiger partial charge < -0.3 is 19.3 Å². The molecule has 0 aromatic heterocycles. The maximum Gasteiger partial charge on any atom is 0.456 e. The zero-order chi connectivity index (χ0) is 11.7. The summed E-state index contributed by atoms with van der Waals surface area (Å²) in [5.74, 6) is -2.30. The summed E-state index contributed by atoms with van der Waals surface area (Å²) in [6.07, 6.45) is -3.50. The molecule has 0 aromatic carbocycles. The number of hydrogen-bond acceptors (Lipinski definition) is 4. The largest absolute Gasteiger partial charge is 0.475 e. The maximum atomic E-state index is 12.3. The van der Waals surface area contributed by atoms with Gasteiger partial charge in [-0.1, -0.05) is 0 Å². The van der Waals surface area contributed by atoms with Crippen molar-refractivity contribution in [3.05, 3.63) is 0 Å². The lowest BCUT2D eigenvalue weighted by molar-refractivity contribution is -0.248. The summed E-state index contributed by atoms with van der Waals surface area (Å²) in [7, 11) is 1.54. The fourth-order valence-electron chi connectivity index (χ4n) is 0.698. The Morgan fingerprint density at radius 1 is 1.27 bits per heavy atom. The molecular formula is C8H14F2O5. The minimum Gasteiger partial charge on any atom is -0.475 e. The number of carbonyl (C=O) groups is 1. The van der Waals surface area contributed by atoms with Gasteiger partial charge in [-0.15, -0.1) is 0 Å². The van der Waals surface area contributed by atoms with Crippen LogP contribution in [-0.4, -0.2) is 50.7 Å². The third kappa shape index (κ3) is 7.18. The fourth-order valence-corrected chi connectivity index (χ4v) is 0.698. The van der Waals surface area contributed by atoms with Crippen LogP contribution in [0.5, 0.6) is 0 Å². The van der Waals surface area contributed by atoms with E-state index in [4.69, 9.17) is 14.6 Å². The quantitative estimate of drug-likeness (QED) is 0.589. The van der Waals surface area contributed by atoms with Gasteiger partial charge in [0.05, 0.1) is 13.2 Å². The summed E-state index contributed by atoms with van der Waals surface area (Å²) in [6, 6.07) is 0. The second kappa shape index (κ2) is 7.49. The monoisotopic (exact) mass is 228 g/mol. The van der Waals surface area contributed by atoms with Crippen molar-refractivity contribution < 1.29 is 32.9 Å². The van der Waals surface area contributed by atoms with Gasteiger partial charge in [-0.3, -0.25) is 0 Å². The van der Waals surface area contributed by atoms with Gasteiger partial charge in [-0.05, 0) is 6.42 Å². The molecule has 0 saturated carbocycles. The molecule has 0 aliphatic rings. The normalized spacial score (nSPS) is 11.7. The number of halogens is 2. The number of ether oxygens (including phenoxy) is 3. The molecule has 1 N–H and O–H groups in total. The highest BCUT2D eigenvalue weighted by atomic mass is 19.3. The van der Waals surface area contributed by atoms with Crippen molar-refractivity contribution in [1.82, 2.24) is 0 Å². The lowest BCUT2D eigenvalue weighted by Gasteiger charge is -2.11. The van der Waals surface area contributed by atoms with Crippen molar-refractivity contribution >= 4 is 5.97 Å². The summed E-state index contributed by atoms with van der Waals surface area (Å²) in [6.45, 7) is 0.334. The molecule has 15 heavy (non-hydrogen) atoms. The molecule has 0 atom stereocenters. The lowest BCUT2D eigenvalue weighted by atomic mass is 10.5. The van der Waals surface area contributed by atoms with Crippen LogP contribution in [0, 0.1) is 0 Å². The number of aliphatic carboxylic acids is 1. The van der Waals surface area contributed by atoms with Gasteiger partial charge in [0.2, 0.25) is 0 Å². The van der Waals surface area contributed by atoms with E-state index < -0.39 is 18.7 Å². The smallest absolute Gasteiger partial charge is 0.456 e. The van der Waals surface area contributed by atoms with Crippen LogP contribution in [0.2, 0.25) is 0 Å². The molecule has 90 valence electrons. The Kier molecular flexibility index (Phi) is 7.10. The van der Waals surface area contributed by atoms with Gasteiger partial charge in [0.25, 0.3) is 0 Å². The average molecular weight is 228 g/mol. The third-order valence-electron chi connectivity index (χ3n) is 1.40. The number of methoxy groups -OCH3 is 1. The van der Waals surface area contributed by atoms with Crippen molar-refractivity contribution in [2.45, 2.75) is 12.5 Å². The molecule has 0 spiro atoms. The first-order valence-corrected chi connectivity index (χ1v) is 4.32. The Hall–Kier alpha value is -0.790. The Balaban J connectivity index is 3.35. The molecule has 0 radical (unpaired) electrons. The fraction of sp³-hybridized carbons (Fsp3) is 0.875. The van der Waals surface area contributed by atoms with Crippen molar-refractivity contribution in [2.75, 3.05) is 33.5 Å². The van der Waals surface area contributed by atoms with E-state index in [9.17, 15) is 13.6 Å². The van der Waals surface area contributed by atoms with E-state index in [0.717, 1.165) is 0 Å². The van der Waals surface area contributed by atoms with Crippen LogP contribution in [0.3, 0.4) is 0 Å². The Morgan fingerprint density at radius 3 is 2.47 bits per heavy atom. The van der Waals surface area contributed by atoms with E-state index in [1.165, 1.54) is 7.11 Å². The zero-order valence-corrected chi connectivity index (χ0v) is 8.37. The van der Waals surface area contributed by atoms with Crippen LogP contribution in [0.25, 0.3) is 0 Å². The molecular weight excluding hydrogens is 214 g/mol. The molecule has 0 aliphatic carbocycles. The van der Waals surface area contributed by atoms with Gasteiger partial charge in [-0.2, -0.15) is 8.78 Å². The highest BCUT2D eigenvalue weighted by molar-refractivity contribution is 5.73. The topological polar surface area (TPSA) is 65.0 Å². The van der Waals surface area contributed by atoms with Crippen molar-refractivity contribution in [3.63, 3.8) is 0 Å². The van der Waals surface area contributed by atoms with Crippen molar-refractivity contribution in [2.24, 2.45) is 0 Å². The van der Waals surface area contributed by atoms with Crippen LogP contribution in [0.4, 0.5) is 8.78 Å². The number of carboxylic acids is 1. The molecule has 0 heterocycles. The summed E-state index contributed by atoms with van der Waals surface area (Å²) >= 11 is 0. The van der Waals surface area contributed by atoms with Crippen LogP contribution in [0.15, 0.2) is 0 Å². The van der Waals surface area contributed by atoms with Gasteiger partial charge >= 0.3 is 12.1 Å². The van der Waals surface area contributed by atoms with Crippen LogP contribution in [-0.2, 0) is 19.0 Å². The molecule has 0 amide bonds. The molecule has 0 saturated heterocycles. The minimum absolute atomic E-state index is 0.0768. The van der Waals surface area contributed by atoms with Crippen LogP contribution < -0.4 is 0 Å². The molecule has 0 aliphatic heterocycles. The highest BCUT2D eigenvalue weighted by Gasteiger charge is 2.40. The van der Waals surface area contributed by atoms with Gasteiger partial charge in [0, 0.05) is 20.3 Å². The number of carboxylic acid groups (broad SMARTS) is 1. The zero-order valence-electron chi connectivity index (χ0n) is 8.37. The Morgan fingerprint density at radius 2 is 1.93 bits per heavy atom. The summed E-state index contributed by atoms with van der Waals surface area (Å²) in [5, 5.41) is 7.98. The summed E-state index contributed by atoms with van der Waals surface area (Å²) < 4.78 is 38.0. The second-order valence-corrected chi connectivity index (χ2v) is 2.63. The second-order valence-electron chi connectivity index (χ2n) is 2.63. The summed E-state index contributed by atoms with van der Waals surface area (Å²) in [5.41, 5.74) is 0. The first kappa shape index (κ1) is 14.2. The minimum atomic E-state index is -4.14. The maximum absolute atomic E-state index is 12.3. The van der Waals surface area contributed by atoms with Gasteiger partial charge in [0.1, 0.15) is 0 Å². The van der Waals surface area contributed by atoms with Crippen LogP contribution >= 0.6 is 0 Å². The molecule has 0 unspecified atom stereocenters. The molecule has 7 heteroatoms. The molecule has 0 fully saturated rings. The average Bonchev–Trinajstić information content (AvgIpc) is 2.16. The Labute approximate surface area is 85.9 Å². The van der Waals surface area contributed by atoms with E-state index in [1.54, 1.807) is 0 Å². The lowest BCUT2D eigenvalue weighted by Crippen LogP contribution is -2.32. The predicted molar refractivity (Wildman–Crippen MR) is 45.8 cm³/mol. The van der Waals surface area contributed by atoms with Crippen LogP contribution in [0.1, 0.15) is 6.42 Å². The number of alkyl halides is 2. The number of rotatable bonds is 9. The van der Waals surface area contributed by atoms with E-state index in [1.807, 2.05) is 0 Å².